The van der Waals surface area contributed by atoms with Crippen LogP contribution in [0.25, 0.3) is 22.3 Å². The van der Waals surface area contributed by atoms with Gasteiger partial charge in [-0.2, -0.15) is 0 Å². The highest BCUT2D eigenvalue weighted by molar-refractivity contribution is 6.96. The number of rotatable bonds is 8. The van der Waals surface area contributed by atoms with Gasteiger partial charge in [0.2, 0.25) is 12.7 Å². The van der Waals surface area contributed by atoms with Gasteiger partial charge in [0.25, 0.3) is 0 Å². The fourth-order valence-corrected chi connectivity index (χ4v) is 7.79. The SMILES string of the molecule is Cc1cc(C)c(B(c2ccc(N(c3cccc(-c4ccccc4-c4ccccc4)c3)c3ncccn3)cc2)c2c(C)cc(C)cc2C)c(C)c1. The molecule has 1 heterocycles. The Morgan fingerprint density at radius 2 is 0.940 bits per heavy atom. The minimum atomic E-state index is 0.101. The average Bonchev–Trinajstić information content (AvgIpc) is 3.12. The molecule has 244 valence electrons. The van der Waals surface area contributed by atoms with Crippen molar-refractivity contribution >= 4 is 40.4 Å². The molecule has 0 saturated carbocycles. The maximum atomic E-state index is 4.73. The van der Waals surface area contributed by atoms with Crippen LogP contribution in [-0.4, -0.2) is 16.7 Å². The standard InChI is InChI=1S/C46H42BN3/c1-31-26-33(3)44(34(4)27-31)47(45-35(5)28-32(2)29-36(45)6)39-20-22-40(23-21-39)50(46-48-24-13-25-49-46)41-17-12-16-38(30-41)43-19-11-10-18-42(43)37-14-8-7-9-15-37/h7-30H,1-6H3. The van der Waals surface area contributed by atoms with Crippen molar-refractivity contribution in [3.63, 3.8) is 0 Å². The van der Waals surface area contributed by atoms with Gasteiger partial charge < -0.3 is 0 Å². The molecule has 0 fully saturated rings. The monoisotopic (exact) mass is 647 g/mol. The van der Waals surface area contributed by atoms with Gasteiger partial charge in [0, 0.05) is 23.8 Å². The zero-order valence-corrected chi connectivity index (χ0v) is 29.8. The fraction of sp³-hybridized carbons (Fsp3) is 0.130. The summed E-state index contributed by atoms with van der Waals surface area (Å²) in [5, 5.41) is 0. The third kappa shape index (κ3) is 6.49. The summed E-state index contributed by atoms with van der Waals surface area (Å²) in [5.41, 5.74) is 18.6. The van der Waals surface area contributed by atoms with E-state index in [1.807, 2.05) is 6.07 Å². The van der Waals surface area contributed by atoms with Gasteiger partial charge in [0.15, 0.2) is 0 Å². The van der Waals surface area contributed by atoms with Gasteiger partial charge in [-0.3, -0.25) is 4.90 Å². The van der Waals surface area contributed by atoms with E-state index in [0.717, 1.165) is 16.9 Å². The van der Waals surface area contributed by atoms with Crippen LogP contribution in [0.1, 0.15) is 33.4 Å². The van der Waals surface area contributed by atoms with E-state index in [0.29, 0.717) is 5.95 Å². The highest BCUT2D eigenvalue weighted by atomic mass is 15.3. The number of benzene rings is 6. The molecular formula is C46H42BN3. The highest BCUT2D eigenvalue weighted by Gasteiger charge is 2.29. The summed E-state index contributed by atoms with van der Waals surface area (Å²) in [7, 11) is 0. The summed E-state index contributed by atoms with van der Waals surface area (Å²) < 4.78 is 0. The molecule has 3 nitrogen and oxygen atoms in total. The Bertz CT molecular complexity index is 2170. The van der Waals surface area contributed by atoms with E-state index in [1.54, 1.807) is 12.4 Å². The highest BCUT2D eigenvalue weighted by Crippen LogP contribution is 2.37. The predicted molar refractivity (Wildman–Crippen MR) is 214 cm³/mol. The first-order chi connectivity index (χ1) is 24.3. The van der Waals surface area contributed by atoms with Crippen molar-refractivity contribution in [2.45, 2.75) is 41.5 Å². The van der Waals surface area contributed by atoms with Gasteiger partial charge in [-0.25, -0.2) is 9.97 Å². The van der Waals surface area contributed by atoms with E-state index in [-0.39, 0.29) is 6.71 Å². The lowest BCUT2D eigenvalue weighted by Crippen LogP contribution is -2.55. The molecule has 0 N–H and O–H groups in total. The van der Waals surface area contributed by atoms with Crippen molar-refractivity contribution in [3.05, 3.63) is 179 Å². The molecule has 0 atom stereocenters. The predicted octanol–water partition coefficient (Wildman–Crippen LogP) is 9.65. The van der Waals surface area contributed by atoms with E-state index < -0.39 is 0 Å². The average molecular weight is 648 g/mol. The molecule has 7 aromatic rings. The van der Waals surface area contributed by atoms with Crippen LogP contribution in [0.3, 0.4) is 0 Å². The van der Waals surface area contributed by atoms with Crippen LogP contribution in [-0.2, 0) is 0 Å². The van der Waals surface area contributed by atoms with Gasteiger partial charge in [0.1, 0.15) is 0 Å². The second-order valence-corrected chi connectivity index (χ2v) is 13.5. The molecule has 0 aliphatic heterocycles. The summed E-state index contributed by atoms with van der Waals surface area (Å²) >= 11 is 0. The van der Waals surface area contributed by atoms with Crippen LogP contribution >= 0.6 is 0 Å². The van der Waals surface area contributed by atoms with Crippen LogP contribution in [0.15, 0.2) is 146 Å². The summed E-state index contributed by atoms with van der Waals surface area (Å²) in [5.74, 6) is 0.626. The zero-order chi connectivity index (χ0) is 34.8. The molecule has 4 heteroatoms. The number of aryl methyl sites for hydroxylation is 6. The van der Waals surface area contributed by atoms with Crippen molar-refractivity contribution in [2.24, 2.45) is 0 Å². The third-order valence-electron chi connectivity index (χ3n) is 9.72. The molecule has 0 aliphatic rings. The Morgan fingerprint density at radius 3 is 1.50 bits per heavy atom. The maximum absolute atomic E-state index is 4.73. The second-order valence-electron chi connectivity index (χ2n) is 13.5. The van der Waals surface area contributed by atoms with E-state index in [2.05, 4.69) is 174 Å². The first kappa shape index (κ1) is 32.8. The number of aromatic nitrogens is 2. The number of hydrogen-bond acceptors (Lipinski definition) is 3. The van der Waals surface area contributed by atoms with E-state index in [4.69, 9.17) is 9.97 Å². The lowest BCUT2D eigenvalue weighted by molar-refractivity contribution is 1.08. The quantitative estimate of drug-likeness (QED) is 0.154. The molecule has 0 saturated heterocycles. The van der Waals surface area contributed by atoms with Crippen molar-refractivity contribution in [1.82, 2.24) is 9.97 Å². The van der Waals surface area contributed by atoms with E-state index in [9.17, 15) is 0 Å². The van der Waals surface area contributed by atoms with E-state index >= 15 is 0 Å². The molecule has 0 bridgehead atoms. The van der Waals surface area contributed by atoms with Crippen LogP contribution in [0.2, 0.25) is 0 Å². The van der Waals surface area contributed by atoms with Crippen molar-refractivity contribution in [3.8, 4) is 22.3 Å². The Kier molecular flexibility index (Phi) is 9.19. The summed E-state index contributed by atoms with van der Waals surface area (Å²) in [6.07, 6.45) is 3.61. The van der Waals surface area contributed by atoms with Gasteiger partial charge in [-0.15, -0.1) is 0 Å². The fourth-order valence-electron chi connectivity index (χ4n) is 7.79. The number of nitrogens with zero attached hydrogens (tertiary/aromatic N) is 3. The van der Waals surface area contributed by atoms with Crippen LogP contribution in [0, 0.1) is 41.5 Å². The van der Waals surface area contributed by atoms with Gasteiger partial charge in [0.05, 0.1) is 0 Å². The molecule has 0 spiro atoms. The molecule has 0 unspecified atom stereocenters. The molecule has 0 amide bonds. The minimum Gasteiger partial charge on any atom is -0.279 e. The molecular weight excluding hydrogens is 605 g/mol. The van der Waals surface area contributed by atoms with Gasteiger partial charge in [-0.1, -0.05) is 153 Å². The maximum Gasteiger partial charge on any atom is 0.242 e. The molecule has 0 radical (unpaired) electrons. The Labute approximate surface area is 297 Å². The van der Waals surface area contributed by atoms with Crippen molar-refractivity contribution < 1.29 is 0 Å². The van der Waals surface area contributed by atoms with Crippen LogP contribution < -0.4 is 21.3 Å². The number of anilines is 3. The molecule has 1 aromatic heterocycles. The Balaban J connectivity index is 1.35. The second kappa shape index (κ2) is 14.0. The van der Waals surface area contributed by atoms with Crippen LogP contribution in [0.4, 0.5) is 17.3 Å². The molecule has 0 aliphatic carbocycles. The van der Waals surface area contributed by atoms with Gasteiger partial charge in [-0.05, 0) is 94.1 Å². The smallest absolute Gasteiger partial charge is 0.242 e. The topological polar surface area (TPSA) is 29.0 Å². The molecule has 7 rings (SSSR count). The molecule has 50 heavy (non-hydrogen) atoms. The first-order valence-electron chi connectivity index (χ1n) is 17.4. The Morgan fingerprint density at radius 1 is 0.440 bits per heavy atom. The van der Waals surface area contributed by atoms with Crippen molar-refractivity contribution in [2.75, 3.05) is 4.90 Å². The minimum absolute atomic E-state index is 0.101. The summed E-state index contributed by atoms with van der Waals surface area (Å²) in [6.45, 7) is 13.5. The Hall–Kier alpha value is -5.74. The first-order valence-corrected chi connectivity index (χ1v) is 17.4. The largest absolute Gasteiger partial charge is 0.279 e. The molecule has 6 aromatic carbocycles. The lowest BCUT2D eigenvalue weighted by Gasteiger charge is -2.26. The van der Waals surface area contributed by atoms with Gasteiger partial charge >= 0.3 is 0 Å². The van der Waals surface area contributed by atoms with Crippen molar-refractivity contribution in [1.29, 1.82) is 0 Å². The summed E-state index contributed by atoms with van der Waals surface area (Å²) in [6, 6.07) is 48.0. The summed E-state index contributed by atoms with van der Waals surface area (Å²) in [4.78, 5) is 11.6. The number of hydrogen-bond donors (Lipinski definition) is 0. The normalized spacial score (nSPS) is 11.0. The zero-order valence-electron chi connectivity index (χ0n) is 29.8. The van der Waals surface area contributed by atoms with E-state index in [1.165, 1.54) is 66.5 Å². The van der Waals surface area contributed by atoms with Crippen LogP contribution in [0.5, 0.6) is 0 Å². The lowest BCUT2D eigenvalue weighted by atomic mass is 9.34. The third-order valence-corrected chi connectivity index (χ3v) is 9.72.